The molecule has 1 aromatic carbocycles. The molecule has 0 atom stereocenters. The Labute approximate surface area is 113 Å². The van der Waals surface area contributed by atoms with E-state index < -0.39 is 5.97 Å². The second kappa shape index (κ2) is 6.45. The third-order valence-corrected chi connectivity index (χ3v) is 3.36. The third kappa shape index (κ3) is 3.63. The summed E-state index contributed by atoms with van der Waals surface area (Å²) in [7, 11) is 0. The number of benzene rings is 1. The first kappa shape index (κ1) is 13.7. The second-order valence-corrected chi connectivity index (χ2v) is 4.92. The number of rotatable bonds is 7. The van der Waals surface area contributed by atoms with Gasteiger partial charge in [-0.15, -0.1) is 0 Å². The average molecular weight is 264 g/mol. The fraction of sp³-hybridized carbons (Fsp3) is 0.533. The molecule has 1 fully saturated rings. The zero-order valence-corrected chi connectivity index (χ0v) is 11.2. The Morgan fingerprint density at radius 2 is 2.16 bits per heavy atom. The number of hydrogen-bond donors (Lipinski definition) is 1. The van der Waals surface area contributed by atoms with Gasteiger partial charge in [0.05, 0.1) is 13.2 Å². The molecule has 0 radical (unpaired) electrons. The minimum atomic E-state index is -0.967. The van der Waals surface area contributed by atoms with Crippen LogP contribution < -0.4 is 9.47 Å². The Morgan fingerprint density at radius 3 is 2.74 bits per heavy atom. The summed E-state index contributed by atoms with van der Waals surface area (Å²) in [6.45, 7) is 3.24. The van der Waals surface area contributed by atoms with E-state index in [1.807, 2.05) is 6.92 Å². The Morgan fingerprint density at radius 1 is 1.37 bits per heavy atom. The van der Waals surface area contributed by atoms with Crippen molar-refractivity contribution in [2.75, 3.05) is 13.2 Å². The monoisotopic (exact) mass is 264 g/mol. The molecule has 0 heterocycles. The Kier molecular flexibility index (Phi) is 4.66. The summed E-state index contributed by atoms with van der Waals surface area (Å²) in [6.07, 6.45) is 4.52. The molecule has 19 heavy (non-hydrogen) atoms. The van der Waals surface area contributed by atoms with E-state index in [2.05, 4.69) is 0 Å². The van der Waals surface area contributed by atoms with Crippen molar-refractivity contribution in [2.45, 2.75) is 32.6 Å². The van der Waals surface area contributed by atoms with E-state index in [1.54, 1.807) is 18.2 Å². The molecule has 4 heteroatoms. The fourth-order valence-corrected chi connectivity index (χ4v) is 1.98. The minimum Gasteiger partial charge on any atom is -0.493 e. The summed E-state index contributed by atoms with van der Waals surface area (Å²) < 4.78 is 11.2. The van der Waals surface area contributed by atoms with Crippen molar-refractivity contribution >= 4 is 5.97 Å². The molecule has 1 aliphatic rings. The summed E-state index contributed by atoms with van der Waals surface area (Å²) in [5.41, 5.74) is 0.197. The molecule has 1 aliphatic carbocycles. The lowest BCUT2D eigenvalue weighted by molar-refractivity contribution is 0.0689. The second-order valence-electron chi connectivity index (χ2n) is 4.92. The van der Waals surface area contributed by atoms with Crippen molar-refractivity contribution in [3.05, 3.63) is 23.8 Å². The van der Waals surface area contributed by atoms with Crippen LogP contribution in [0.2, 0.25) is 0 Å². The standard InChI is InChI=1S/C15H20O4/c1-2-8-18-12-6-7-13(15(16)17)14(9-12)19-10-11-4-3-5-11/h6-7,9,11H,2-5,8,10H2,1H3,(H,16,17). The molecule has 1 saturated carbocycles. The normalized spacial score (nSPS) is 14.8. The van der Waals surface area contributed by atoms with E-state index in [1.165, 1.54) is 19.3 Å². The lowest BCUT2D eigenvalue weighted by Gasteiger charge is -2.25. The lowest BCUT2D eigenvalue weighted by Crippen LogP contribution is -2.20. The molecule has 0 saturated heterocycles. The van der Waals surface area contributed by atoms with E-state index in [9.17, 15) is 4.79 Å². The van der Waals surface area contributed by atoms with E-state index >= 15 is 0 Å². The van der Waals surface area contributed by atoms with Gasteiger partial charge in [-0.25, -0.2) is 4.79 Å². The molecule has 0 spiro atoms. The van der Waals surface area contributed by atoms with Gasteiger partial charge in [-0.2, -0.15) is 0 Å². The van der Waals surface area contributed by atoms with Crippen LogP contribution in [0.5, 0.6) is 11.5 Å². The van der Waals surface area contributed by atoms with Crippen molar-refractivity contribution in [1.82, 2.24) is 0 Å². The van der Waals surface area contributed by atoms with Gasteiger partial charge in [-0.05, 0) is 37.3 Å². The molecule has 4 nitrogen and oxygen atoms in total. The van der Waals surface area contributed by atoms with Gasteiger partial charge in [0, 0.05) is 6.07 Å². The van der Waals surface area contributed by atoms with Gasteiger partial charge in [0.25, 0.3) is 0 Å². The minimum absolute atomic E-state index is 0.197. The van der Waals surface area contributed by atoms with Crippen LogP contribution in [0, 0.1) is 5.92 Å². The van der Waals surface area contributed by atoms with Crippen LogP contribution in [0.3, 0.4) is 0 Å². The number of carbonyl (C=O) groups is 1. The zero-order valence-electron chi connectivity index (χ0n) is 11.2. The predicted molar refractivity (Wildman–Crippen MR) is 72.0 cm³/mol. The van der Waals surface area contributed by atoms with Crippen LogP contribution >= 0.6 is 0 Å². The summed E-state index contributed by atoms with van der Waals surface area (Å²) >= 11 is 0. The van der Waals surface area contributed by atoms with Crippen LogP contribution in [0.15, 0.2) is 18.2 Å². The van der Waals surface area contributed by atoms with Crippen molar-refractivity contribution in [3.63, 3.8) is 0 Å². The van der Waals surface area contributed by atoms with Crippen LogP contribution in [-0.2, 0) is 0 Å². The van der Waals surface area contributed by atoms with Gasteiger partial charge < -0.3 is 14.6 Å². The molecule has 0 bridgehead atoms. The van der Waals surface area contributed by atoms with Crippen LogP contribution in [0.25, 0.3) is 0 Å². The first-order chi connectivity index (χ1) is 9.20. The largest absolute Gasteiger partial charge is 0.493 e. The molecule has 2 rings (SSSR count). The van der Waals surface area contributed by atoms with Gasteiger partial charge >= 0.3 is 5.97 Å². The Balaban J connectivity index is 2.07. The van der Waals surface area contributed by atoms with Crippen LogP contribution in [0.4, 0.5) is 0 Å². The maximum Gasteiger partial charge on any atom is 0.339 e. The highest BCUT2D eigenvalue weighted by Gasteiger charge is 2.20. The molecule has 0 amide bonds. The Bertz CT molecular complexity index is 438. The summed E-state index contributed by atoms with van der Waals surface area (Å²) in [4.78, 5) is 11.2. The van der Waals surface area contributed by atoms with Gasteiger partial charge in [0.2, 0.25) is 0 Å². The van der Waals surface area contributed by atoms with Crippen molar-refractivity contribution < 1.29 is 19.4 Å². The average Bonchev–Trinajstić information content (AvgIpc) is 2.34. The van der Waals surface area contributed by atoms with E-state index in [0.717, 1.165) is 6.42 Å². The molecule has 104 valence electrons. The molecule has 0 aromatic heterocycles. The fourth-order valence-electron chi connectivity index (χ4n) is 1.98. The van der Waals surface area contributed by atoms with E-state index in [0.29, 0.717) is 30.6 Å². The number of carboxylic acids is 1. The van der Waals surface area contributed by atoms with Crippen molar-refractivity contribution in [2.24, 2.45) is 5.92 Å². The zero-order chi connectivity index (χ0) is 13.7. The first-order valence-corrected chi connectivity index (χ1v) is 6.83. The van der Waals surface area contributed by atoms with Gasteiger partial charge in [-0.1, -0.05) is 13.3 Å². The number of hydrogen-bond acceptors (Lipinski definition) is 3. The summed E-state index contributed by atoms with van der Waals surface area (Å²) in [6, 6.07) is 4.90. The first-order valence-electron chi connectivity index (χ1n) is 6.83. The molecule has 0 unspecified atom stereocenters. The predicted octanol–water partition coefficient (Wildman–Crippen LogP) is 3.35. The number of aromatic carboxylic acids is 1. The van der Waals surface area contributed by atoms with Gasteiger partial charge in [-0.3, -0.25) is 0 Å². The lowest BCUT2D eigenvalue weighted by atomic mass is 9.86. The quantitative estimate of drug-likeness (QED) is 0.820. The van der Waals surface area contributed by atoms with E-state index in [-0.39, 0.29) is 5.56 Å². The maximum atomic E-state index is 11.2. The summed E-state index contributed by atoms with van der Waals surface area (Å²) in [5.74, 6) is 0.677. The molecule has 1 N–H and O–H groups in total. The Hall–Kier alpha value is -1.71. The van der Waals surface area contributed by atoms with Crippen LogP contribution in [-0.4, -0.2) is 24.3 Å². The highest BCUT2D eigenvalue weighted by Crippen LogP contribution is 2.30. The van der Waals surface area contributed by atoms with Gasteiger partial charge in [0.1, 0.15) is 17.1 Å². The third-order valence-electron chi connectivity index (χ3n) is 3.36. The maximum absolute atomic E-state index is 11.2. The molecule has 0 aliphatic heterocycles. The number of ether oxygens (including phenoxy) is 2. The smallest absolute Gasteiger partial charge is 0.339 e. The number of carboxylic acid groups (broad SMARTS) is 1. The molecular weight excluding hydrogens is 244 g/mol. The highest BCUT2D eigenvalue weighted by atomic mass is 16.5. The SMILES string of the molecule is CCCOc1ccc(C(=O)O)c(OCC2CCC2)c1. The van der Waals surface area contributed by atoms with Crippen LogP contribution in [0.1, 0.15) is 43.0 Å². The molecule has 1 aromatic rings. The highest BCUT2D eigenvalue weighted by molar-refractivity contribution is 5.91. The summed E-state index contributed by atoms with van der Waals surface area (Å²) in [5, 5.41) is 9.15. The topological polar surface area (TPSA) is 55.8 Å². The molecular formula is C15H20O4. The van der Waals surface area contributed by atoms with Crippen molar-refractivity contribution in [3.8, 4) is 11.5 Å². The van der Waals surface area contributed by atoms with E-state index in [4.69, 9.17) is 14.6 Å². The van der Waals surface area contributed by atoms with Crippen molar-refractivity contribution in [1.29, 1.82) is 0 Å². The van der Waals surface area contributed by atoms with Gasteiger partial charge in [0.15, 0.2) is 0 Å².